The molecule has 0 saturated carbocycles. The highest BCUT2D eigenvalue weighted by molar-refractivity contribution is 5.97. The second-order valence-corrected chi connectivity index (χ2v) is 5.76. The lowest BCUT2D eigenvalue weighted by Crippen LogP contribution is -2.34. The van der Waals surface area contributed by atoms with E-state index >= 15 is 0 Å². The standard InChI is InChI=1S/C16H21F3N2O3/c1-23-13-5-3-4-12(14(13)24-2)15(22)20-8-11-6-7-21(9-11)10-16(17,18)19/h3-5,11H,6-10H2,1-2H3,(H,20,22). The van der Waals surface area contributed by atoms with Gasteiger partial charge in [0.1, 0.15) is 0 Å². The zero-order chi connectivity index (χ0) is 17.7. The van der Waals surface area contributed by atoms with Crippen molar-refractivity contribution < 1.29 is 27.4 Å². The Hall–Kier alpha value is -1.96. The first kappa shape index (κ1) is 18.4. The Balaban J connectivity index is 1.91. The fraction of sp³-hybridized carbons (Fsp3) is 0.562. The monoisotopic (exact) mass is 346 g/mol. The number of nitrogens with zero attached hydrogens (tertiary/aromatic N) is 1. The number of para-hydroxylation sites is 1. The number of alkyl halides is 3. The smallest absolute Gasteiger partial charge is 0.401 e. The predicted molar refractivity (Wildman–Crippen MR) is 82.5 cm³/mol. The maximum absolute atomic E-state index is 12.4. The minimum atomic E-state index is -4.19. The molecule has 1 unspecified atom stereocenters. The Kier molecular flexibility index (Phi) is 5.93. The summed E-state index contributed by atoms with van der Waals surface area (Å²) < 4.78 is 47.5. The summed E-state index contributed by atoms with van der Waals surface area (Å²) in [6.07, 6.45) is -3.56. The summed E-state index contributed by atoms with van der Waals surface area (Å²) in [6, 6.07) is 4.97. The summed E-state index contributed by atoms with van der Waals surface area (Å²) in [4.78, 5) is 13.7. The molecule has 1 heterocycles. The molecule has 8 heteroatoms. The van der Waals surface area contributed by atoms with Crippen LogP contribution in [0.15, 0.2) is 18.2 Å². The van der Waals surface area contributed by atoms with Crippen molar-refractivity contribution in [3.63, 3.8) is 0 Å². The van der Waals surface area contributed by atoms with Gasteiger partial charge in [-0.05, 0) is 31.0 Å². The fourth-order valence-electron chi connectivity index (χ4n) is 2.87. The highest BCUT2D eigenvalue weighted by Gasteiger charge is 2.34. The molecule has 0 radical (unpaired) electrons. The number of methoxy groups -OCH3 is 2. The van der Waals surface area contributed by atoms with Crippen LogP contribution in [-0.4, -0.2) is 57.4 Å². The molecule has 1 aromatic rings. The molecule has 1 fully saturated rings. The van der Waals surface area contributed by atoms with Crippen molar-refractivity contribution in [2.75, 3.05) is 40.4 Å². The summed E-state index contributed by atoms with van der Waals surface area (Å²) in [6.45, 7) is 0.145. The molecular formula is C16H21F3N2O3. The van der Waals surface area contributed by atoms with Gasteiger partial charge in [-0.1, -0.05) is 6.07 Å². The molecule has 24 heavy (non-hydrogen) atoms. The first-order valence-electron chi connectivity index (χ1n) is 7.62. The molecule has 1 aromatic carbocycles. The van der Waals surface area contributed by atoms with Crippen molar-refractivity contribution >= 4 is 5.91 Å². The van der Waals surface area contributed by atoms with Crippen LogP contribution in [0.5, 0.6) is 11.5 Å². The van der Waals surface area contributed by atoms with Gasteiger partial charge in [-0.15, -0.1) is 0 Å². The van der Waals surface area contributed by atoms with Crippen molar-refractivity contribution in [3.8, 4) is 11.5 Å². The van der Waals surface area contributed by atoms with Gasteiger partial charge >= 0.3 is 6.18 Å². The summed E-state index contributed by atoms with van der Waals surface area (Å²) >= 11 is 0. The third kappa shape index (κ3) is 4.77. The van der Waals surface area contributed by atoms with E-state index in [4.69, 9.17) is 9.47 Å². The zero-order valence-corrected chi connectivity index (χ0v) is 13.7. The first-order chi connectivity index (χ1) is 11.3. The Morgan fingerprint density at radius 2 is 2.08 bits per heavy atom. The highest BCUT2D eigenvalue weighted by Crippen LogP contribution is 2.30. The number of hydrogen-bond acceptors (Lipinski definition) is 4. The lowest BCUT2D eigenvalue weighted by Gasteiger charge is -2.18. The minimum Gasteiger partial charge on any atom is -0.493 e. The van der Waals surface area contributed by atoms with Crippen LogP contribution < -0.4 is 14.8 Å². The molecule has 1 aliphatic heterocycles. The van der Waals surface area contributed by atoms with Crippen LogP contribution in [-0.2, 0) is 0 Å². The number of carbonyl (C=O) groups excluding carboxylic acids is 1. The van der Waals surface area contributed by atoms with Crippen molar-refractivity contribution in [3.05, 3.63) is 23.8 Å². The average molecular weight is 346 g/mol. The van der Waals surface area contributed by atoms with Crippen LogP contribution in [0, 0.1) is 5.92 Å². The van der Waals surface area contributed by atoms with E-state index in [1.807, 2.05) is 0 Å². The average Bonchev–Trinajstić information content (AvgIpc) is 2.97. The molecule has 1 amide bonds. The van der Waals surface area contributed by atoms with Crippen molar-refractivity contribution in [1.82, 2.24) is 10.2 Å². The largest absolute Gasteiger partial charge is 0.493 e. The van der Waals surface area contributed by atoms with Gasteiger partial charge in [0.25, 0.3) is 5.91 Å². The van der Waals surface area contributed by atoms with E-state index in [2.05, 4.69) is 5.32 Å². The Labute approximate surface area is 138 Å². The number of benzene rings is 1. The minimum absolute atomic E-state index is 0.00732. The van der Waals surface area contributed by atoms with Gasteiger partial charge in [-0.3, -0.25) is 9.69 Å². The molecule has 0 aliphatic carbocycles. The number of likely N-dealkylation sites (tertiary alicyclic amines) is 1. The first-order valence-corrected chi connectivity index (χ1v) is 7.62. The SMILES string of the molecule is COc1cccc(C(=O)NCC2CCN(CC(F)(F)F)C2)c1OC. The highest BCUT2D eigenvalue weighted by atomic mass is 19.4. The maximum Gasteiger partial charge on any atom is 0.401 e. The molecule has 0 spiro atoms. The van der Waals surface area contributed by atoms with E-state index in [-0.39, 0.29) is 11.8 Å². The molecule has 5 nitrogen and oxygen atoms in total. The Morgan fingerprint density at radius 1 is 1.33 bits per heavy atom. The number of carbonyl (C=O) groups is 1. The molecule has 2 rings (SSSR count). The predicted octanol–water partition coefficient (Wildman–Crippen LogP) is 2.32. The lowest BCUT2D eigenvalue weighted by molar-refractivity contribution is -0.143. The summed E-state index contributed by atoms with van der Waals surface area (Å²) in [5.41, 5.74) is 0.335. The van der Waals surface area contributed by atoms with Crippen LogP contribution in [0.25, 0.3) is 0 Å². The van der Waals surface area contributed by atoms with Crippen molar-refractivity contribution in [1.29, 1.82) is 0 Å². The van der Waals surface area contributed by atoms with E-state index in [0.717, 1.165) is 0 Å². The third-order valence-electron chi connectivity index (χ3n) is 3.97. The van der Waals surface area contributed by atoms with Gasteiger partial charge in [0.15, 0.2) is 11.5 Å². The van der Waals surface area contributed by atoms with Crippen molar-refractivity contribution in [2.24, 2.45) is 5.92 Å². The molecule has 0 aromatic heterocycles. The molecule has 1 N–H and O–H groups in total. The second-order valence-electron chi connectivity index (χ2n) is 5.76. The maximum atomic E-state index is 12.4. The summed E-state index contributed by atoms with van der Waals surface area (Å²) in [7, 11) is 2.92. The molecule has 134 valence electrons. The molecule has 0 bridgehead atoms. The molecule has 1 aliphatic rings. The fourth-order valence-corrected chi connectivity index (χ4v) is 2.87. The van der Waals surface area contributed by atoms with Crippen molar-refractivity contribution in [2.45, 2.75) is 12.6 Å². The van der Waals surface area contributed by atoms with Gasteiger partial charge < -0.3 is 14.8 Å². The van der Waals surface area contributed by atoms with Crippen LogP contribution >= 0.6 is 0 Å². The second kappa shape index (κ2) is 7.74. The van der Waals surface area contributed by atoms with Gasteiger partial charge in [0.2, 0.25) is 0 Å². The van der Waals surface area contributed by atoms with Gasteiger partial charge in [-0.2, -0.15) is 13.2 Å². The van der Waals surface area contributed by atoms with Gasteiger partial charge in [-0.25, -0.2) is 0 Å². The number of rotatable bonds is 6. The van der Waals surface area contributed by atoms with Gasteiger partial charge in [0.05, 0.1) is 26.3 Å². The lowest BCUT2D eigenvalue weighted by atomic mass is 10.1. The number of hydrogen-bond donors (Lipinski definition) is 1. The number of ether oxygens (including phenoxy) is 2. The Morgan fingerprint density at radius 3 is 2.71 bits per heavy atom. The molecular weight excluding hydrogens is 325 g/mol. The number of halogens is 3. The van der Waals surface area contributed by atoms with Gasteiger partial charge in [0, 0.05) is 13.1 Å². The number of nitrogens with one attached hydrogen (secondary N) is 1. The molecule has 1 saturated heterocycles. The quantitative estimate of drug-likeness (QED) is 0.859. The van der Waals surface area contributed by atoms with Crippen LogP contribution in [0.4, 0.5) is 13.2 Å². The van der Waals surface area contributed by atoms with E-state index in [1.54, 1.807) is 18.2 Å². The van der Waals surface area contributed by atoms with Crippen LogP contribution in [0.3, 0.4) is 0 Å². The topological polar surface area (TPSA) is 50.8 Å². The van der Waals surface area contributed by atoms with E-state index in [0.29, 0.717) is 43.1 Å². The summed E-state index contributed by atoms with van der Waals surface area (Å²) in [5.74, 6) is 0.456. The zero-order valence-electron chi connectivity index (χ0n) is 13.7. The summed E-state index contributed by atoms with van der Waals surface area (Å²) in [5, 5.41) is 2.77. The number of amides is 1. The molecule has 1 atom stereocenters. The normalized spacial score (nSPS) is 18.5. The van der Waals surface area contributed by atoms with E-state index in [9.17, 15) is 18.0 Å². The van der Waals surface area contributed by atoms with E-state index in [1.165, 1.54) is 19.1 Å². The third-order valence-corrected chi connectivity index (χ3v) is 3.97. The van der Waals surface area contributed by atoms with E-state index < -0.39 is 12.7 Å². The Bertz CT molecular complexity index is 578. The van der Waals surface area contributed by atoms with Crippen LogP contribution in [0.1, 0.15) is 16.8 Å². The van der Waals surface area contributed by atoms with Crippen LogP contribution in [0.2, 0.25) is 0 Å².